The molecule has 22 heavy (non-hydrogen) atoms. The lowest BCUT2D eigenvalue weighted by molar-refractivity contribution is 0.0537. The summed E-state index contributed by atoms with van der Waals surface area (Å²) >= 11 is 0. The van der Waals surface area contributed by atoms with Crippen LogP contribution in [0.2, 0.25) is 0 Å². The molecule has 0 aromatic heterocycles. The van der Waals surface area contributed by atoms with E-state index in [2.05, 4.69) is 44.2 Å². The second-order valence-electron chi connectivity index (χ2n) is 6.40. The van der Waals surface area contributed by atoms with Gasteiger partial charge in [-0.05, 0) is 42.9 Å². The van der Waals surface area contributed by atoms with Gasteiger partial charge in [-0.25, -0.2) is 0 Å². The summed E-state index contributed by atoms with van der Waals surface area (Å²) in [6.07, 6.45) is 1.03. The molecule has 3 unspecified atom stereocenters. The summed E-state index contributed by atoms with van der Waals surface area (Å²) in [6, 6.07) is 20.6. The molecule has 1 aliphatic heterocycles. The standard InChI is InChI=1S/C20H23NO/c1-15-14-21(20(22)18-11-7-4-8-12-18)16(2)13-19(15)17-9-5-3-6-10-17/h3-12,15-16,19H,13-14H2,1-2H3. The molecule has 2 aromatic rings. The molecule has 2 aromatic carbocycles. The highest BCUT2D eigenvalue weighted by Gasteiger charge is 2.34. The SMILES string of the molecule is CC1CN(C(=O)c2ccccc2)C(C)CC1c1ccccc1. The van der Waals surface area contributed by atoms with Gasteiger partial charge in [0.2, 0.25) is 0 Å². The van der Waals surface area contributed by atoms with Gasteiger partial charge in [-0.3, -0.25) is 4.79 Å². The maximum absolute atomic E-state index is 12.7. The minimum absolute atomic E-state index is 0.159. The molecule has 2 nitrogen and oxygen atoms in total. The van der Waals surface area contributed by atoms with E-state index in [4.69, 9.17) is 0 Å². The molecule has 0 saturated carbocycles. The molecule has 0 bridgehead atoms. The molecular formula is C20H23NO. The molecule has 0 radical (unpaired) electrons. The maximum atomic E-state index is 12.7. The third-order valence-electron chi connectivity index (χ3n) is 4.81. The van der Waals surface area contributed by atoms with Gasteiger partial charge in [-0.15, -0.1) is 0 Å². The topological polar surface area (TPSA) is 20.3 Å². The Morgan fingerprint density at radius 3 is 2.18 bits per heavy atom. The van der Waals surface area contributed by atoms with Crippen LogP contribution in [0.5, 0.6) is 0 Å². The van der Waals surface area contributed by atoms with E-state index in [9.17, 15) is 4.79 Å². The van der Waals surface area contributed by atoms with E-state index in [1.54, 1.807) is 0 Å². The van der Waals surface area contributed by atoms with Gasteiger partial charge in [0.05, 0.1) is 0 Å². The first-order valence-electron chi connectivity index (χ1n) is 8.07. The smallest absolute Gasteiger partial charge is 0.254 e. The number of nitrogens with zero attached hydrogens (tertiary/aromatic N) is 1. The Labute approximate surface area is 132 Å². The van der Waals surface area contributed by atoms with Gasteiger partial charge < -0.3 is 4.90 Å². The fourth-order valence-corrected chi connectivity index (χ4v) is 3.54. The summed E-state index contributed by atoms with van der Waals surface area (Å²) in [5, 5.41) is 0. The van der Waals surface area contributed by atoms with E-state index in [1.165, 1.54) is 5.56 Å². The molecule has 2 heteroatoms. The normalized spacial score (nSPS) is 25.0. The molecule has 0 spiro atoms. The Kier molecular flexibility index (Phi) is 4.28. The zero-order valence-electron chi connectivity index (χ0n) is 13.3. The molecule has 114 valence electrons. The molecule has 3 rings (SSSR count). The lowest BCUT2D eigenvalue weighted by Crippen LogP contribution is -2.47. The van der Waals surface area contributed by atoms with Gasteiger partial charge in [0.1, 0.15) is 0 Å². The van der Waals surface area contributed by atoms with E-state index in [0.29, 0.717) is 11.8 Å². The van der Waals surface area contributed by atoms with Crippen LogP contribution in [0.4, 0.5) is 0 Å². The van der Waals surface area contributed by atoms with Gasteiger partial charge in [0.15, 0.2) is 0 Å². The molecule has 3 atom stereocenters. The highest BCUT2D eigenvalue weighted by molar-refractivity contribution is 5.94. The maximum Gasteiger partial charge on any atom is 0.254 e. The number of benzene rings is 2. The third kappa shape index (κ3) is 2.92. The predicted molar refractivity (Wildman–Crippen MR) is 89.9 cm³/mol. The van der Waals surface area contributed by atoms with E-state index >= 15 is 0 Å². The number of rotatable bonds is 2. The first-order valence-corrected chi connectivity index (χ1v) is 8.07. The Hall–Kier alpha value is -2.09. The molecule has 1 heterocycles. The summed E-state index contributed by atoms with van der Waals surface area (Å²) in [6.45, 7) is 5.26. The van der Waals surface area contributed by atoms with Gasteiger partial charge in [0, 0.05) is 18.2 Å². The second kappa shape index (κ2) is 6.35. The summed E-state index contributed by atoms with van der Waals surface area (Å²) in [7, 11) is 0. The van der Waals surface area contributed by atoms with Gasteiger partial charge in [-0.2, -0.15) is 0 Å². The van der Waals surface area contributed by atoms with Crippen molar-refractivity contribution in [2.75, 3.05) is 6.54 Å². The van der Waals surface area contributed by atoms with Crippen LogP contribution in [-0.2, 0) is 0 Å². The highest BCUT2D eigenvalue weighted by Crippen LogP contribution is 2.36. The van der Waals surface area contributed by atoms with Crippen LogP contribution >= 0.6 is 0 Å². The Morgan fingerprint density at radius 2 is 1.55 bits per heavy atom. The molecule has 1 saturated heterocycles. The van der Waals surface area contributed by atoms with Gasteiger partial charge in [-0.1, -0.05) is 55.5 Å². The van der Waals surface area contributed by atoms with Crippen molar-refractivity contribution in [3.05, 3.63) is 71.8 Å². The lowest BCUT2D eigenvalue weighted by atomic mass is 9.78. The summed E-state index contributed by atoms with van der Waals surface area (Å²) in [4.78, 5) is 14.8. The van der Waals surface area contributed by atoms with E-state index < -0.39 is 0 Å². The number of likely N-dealkylation sites (tertiary alicyclic amines) is 1. The van der Waals surface area contributed by atoms with Crippen molar-refractivity contribution in [2.24, 2.45) is 5.92 Å². The molecular weight excluding hydrogens is 270 g/mol. The third-order valence-corrected chi connectivity index (χ3v) is 4.81. The van der Waals surface area contributed by atoms with Crippen LogP contribution in [-0.4, -0.2) is 23.4 Å². The summed E-state index contributed by atoms with van der Waals surface area (Å²) in [5.41, 5.74) is 2.19. The average Bonchev–Trinajstić information content (AvgIpc) is 2.57. The average molecular weight is 293 g/mol. The van der Waals surface area contributed by atoms with Crippen LogP contribution in [0.1, 0.15) is 42.1 Å². The number of hydrogen-bond acceptors (Lipinski definition) is 1. The van der Waals surface area contributed by atoms with Crippen molar-refractivity contribution in [1.82, 2.24) is 4.90 Å². The quantitative estimate of drug-likeness (QED) is 0.806. The molecule has 1 fully saturated rings. The number of amides is 1. The molecule has 0 N–H and O–H groups in total. The molecule has 0 aliphatic carbocycles. The first kappa shape index (κ1) is 14.8. The largest absolute Gasteiger partial charge is 0.336 e. The lowest BCUT2D eigenvalue weighted by Gasteiger charge is -2.42. The summed E-state index contributed by atoms with van der Waals surface area (Å²) < 4.78 is 0. The molecule has 1 aliphatic rings. The number of hydrogen-bond donors (Lipinski definition) is 0. The van der Waals surface area contributed by atoms with Crippen LogP contribution in [0.3, 0.4) is 0 Å². The van der Waals surface area contributed by atoms with Crippen molar-refractivity contribution in [3.63, 3.8) is 0 Å². The van der Waals surface area contributed by atoms with Crippen molar-refractivity contribution in [1.29, 1.82) is 0 Å². The predicted octanol–water partition coefficient (Wildman–Crippen LogP) is 4.34. The van der Waals surface area contributed by atoms with Crippen molar-refractivity contribution < 1.29 is 4.79 Å². The van der Waals surface area contributed by atoms with Crippen LogP contribution in [0, 0.1) is 5.92 Å². The monoisotopic (exact) mass is 293 g/mol. The minimum Gasteiger partial charge on any atom is -0.336 e. The number of carbonyl (C=O) groups excluding carboxylic acids is 1. The van der Waals surface area contributed by atoms with E-state index in [1.807, 2.05) is 35.2 Å². The minimum atomic E-state index is 0.159. The Balaban J connectivity index is 1.77. The highest BCUT2D eigenvalue weighted by atomic mass is 16.2. The van der Waals surface area contributed by atoms with Gasteiger partial charge >= 0.3 is 0 Å². The number of piperidine rings is 1. The van der Waals surface area contributed by atoms with Crippen molar-refractivity contribution in [3.8, 4) is 0 Å². The molecule has 1 amide bonds. The Morgan fingerprint density at radius 1 is 0.955 bits per heavy atom. The zero-order chi connectivity index (χ0) is 15.5. The van der Waals surface area contributed by atoms with Crippen molar-refractivity contribution in [2.45, 2.75) is 32.2 Å². The fraction of sp³-hybridized carbons (Fsp3) is 0.350. The second-order valence-corrected chi connectivity index (χ2v) is 6.40. The summed E-state index contributed by atoms with van der Waals surface area (Å²) in [5.74, 6) is 1.17. The first-order chi connectivity index (χ1) is 10.7. The van der Waals surface area contributed by atoms with E-state index in [-0.39, 0.29) is 11.9 Å². The van der Waals surface area contributed by atoms with Crippen LogP contribution in [0.15, 0.2) is 60.7 Å². The van der Waals surface area contributed by atoms with Gasteiger partial charge in [0.25, 0.3) is 5.91 Å². The fourth-order valence-electron chi connectivity index (χ4n) is 3.54. The van der Waals surface area contributed by atoms with E-state index in [0.717, 1.165) is 18.5 Å². The zero-order valence-corrected chi connectivity index (χ0v) is 13.3. The van der Waals surface area contributed by atoms with Crippen LogP contribution < -0.4 is 0 Å². The number of carbonyl (C=O) groups is 1. The van der Waals surface area contributed by atoms with Crippen LogP contribution in [0.25, 0.3) is 0 Å². The van der Waals surface area contributed by atoms with Crippen molar-refractivity contribution >= 4 is 5.91 Å². The Bertz CT molecular complexity index is 623.